The first-order valence-corrected chi connectivity index (χ1v) is 11.5. The van der Waals surface area contributed by atoms with Gasteiger partial charge in [-0.3, -0.25) is 4.99 Å². The van der Waals surface area contributed by atoms with Gasteiger partial charge in [-0.1, -0.05) is 12.1 Å². The summed E-state index contributed by atoms with van der Waals surface area (Å²) in [5.41, 5.74) is 1.91. The van der Waals surface area contributed by atoms with Crippen LogP contribution in [0.2, 0.25) is 0 Å². The number of benzene rings is 1. The van der Waals surface area contributed by atoms with Gasteiger partial charge in [-0.15, -0.1) is 24.0 Å². The number of carbonyl (C=O) groups excluding carboxylic acids is 1. The maximum absolute atomic E-state index is 12.3. The SMILES string of the molecule is CN=C(NCCCOCC1CCOCC1)NCc1cccc(NC(=O)N2CCCC2)c1.I. The van der Waals surface area contributed by atoms with Gasteiger partial charge in [0.05, 0.1) is 0 Å². The van der Waals surface area contributed by atoms with E-state index in [1.807, 2.05) is 29.2 Å². The highest BCUT2D eigenvalue weighted by atomic mass is 127. The van der Waals surface area contributed by atoms with Crippen molar-refractivity contribution in [2.75, 3.05) is 58.4 Å². The molecule has 0 aromatic heterocycles. The lowest BCUT2D eigenvalue weighted by molar-refractivity contribution is 0.0203. The molecule has 0 radical (unpaired) electrons. The first kappa shape index (κ1) is 26.7. The summed E-state index contributed by atoms with van der Waals surface area (Å²) in [5.74, 6) is 1.41. The number of hydrogen-bond acceptors (Lipinski definition) is 4. The smallest absolute Gasteiger partial charge is 0.321 e. The summed E-state index contributed by atoms with van der Waals surface area (Å²) in [6, 6.07) is 7.90. The fraction of sp³-hybridized carbons (Fsp3) is 0.652. The lowest BCUT2D eigenvalue weighted by Crippen LogP contribution is -2.37. The van der Waals surface area contributed by atoms with E-state index in [4.69, 9.17) is 9.47 Å². The number of urea groups is 1. The molecule has 1 aromatic carbocycles. The Morgan fingerprint density at radius 2 is 2.00 bits per heavy atom. The summed E-state index contributed by atoms with van der Waals surface area (Å²) >= 11 is 0. The maximum atomic E-state index is 12.3. The van der Waals surface area contributed by atoms with Gasteiger partial charge in [0, 0.05) is 65.3 Å². The van der Waals surface area contributed by atoms with Crippen LogP contribution in [0.1, 0.15) is 37.7 Å². The molecule has 2 fully saturated rings. The molecule has 3 rings (SSSR count). The van der Waals surface area contributed by atoms with E-state index in [9.17, 15) is 4.79 Å². The Morgan fingerprint density at radius 1 is 1.22 bits per heavy atom. The topological polar surface area (TPSA) is 87.2 Å². The number of guanidine groups is 1. The summed E-state index contributed by atoms with van der Waals surface area (Å²) in [7, 11) is 1.77. The number of anilines is 1. The highest BCUT2D eigenvalue weighted by Gasteiger charge is 2.17. The number of halogens is 1. The number of carbonyl (C=O) groups is 1. The molecular formula is C23H38IN5O3. The van der Waals surface area contributed by atoms with Crippen LogP contribution in [0, 0.1) is 5.92 Å². The number of amides is 2. The van der Waals surface area contributed by atoms with Crippen LogP contribution in [0.15, 0.2) is 29.3 Å². The van der Waals surface area contributed by atoms with Crippen LogP contribution in [0.3, 0.4) is 0 Å². The zero-order valence-corrected chi connectivity index (χ0v) is 21.4. The molecule has 32 heavy (non-hydrogen) atoms. The fourth-order valence-electron chi connectivity index (χ4n) is 3.83. The molecule has 9 heteroatoms. The number of rotatable bonds is 9. The quantitative estimate of drug-likeness (QED) is 0.187. The second kappa shape index (κ2) is 15.3. The molecule has 2 saturated heterocycles. The van der Waals surface area contributed by atoms with Gasteiger partial charge >= 0.3 is 6.03 Å². The number of aliphatic imine (C=N–C) groups is 1. The van der Waals surface area contributed by atoms with Crippen LogP contribution >= 0.6 is 24.0 Å². The Labute approximate surface area is 208 Å². The number of nitrogens with one attached hydrogen (secondary N) is 3. The van der Waals surface area contributed by atoms with Crippen LogP contribution in [0.25, 0.3) is 0 Å². The van der Waals surface area contributed by atoms with E-state index in [0.29, 0.717) is 12.5 Å². The molecule has 0 aliphatic carbocycles. The average Bonchev–Trinajstić information content (AvgIpc) is 3.34. The largest absolute Gasteiger partial charge is 0.381 e. The van der Waals surface area contributed by atoms with Gasteiger partial charge in [0.1, 0.15) is 0 Å². The van der Waals surface area contributed by atoms with E-state index >= 15 is 0 Å². The van der Waals surface area contributed by atoms with Gasteiger partial charge in [0.15, 0.2) is 5.96 Å². The van der Waals surface area contributed by atoms with Crippen LogP contribution in [0.5, 0.6) is 0 Å². The lowest BCUT2D eigenvalue weighted by atomic mass is 10.0. The van der Waals surface area contributed by atoms with E-state index in [0.717, 1.165) is 95.4 Å². The molecule has 1 aromatic rings. The molecule has 0 bridgehead atoms. The minimum Gasteiger partial charge on any atom is -0.381 e. The number of ether oxygens (including phenoxy) is 2. The summed E-state index contributed by atoms with van der Waals surface area (Å²) in [4.78, 5) is 18.4. The van der Waals surface area contributed by atoms with E-state index < -0.39 is 0 Å². The number of nitrogens with zero attached hydrogens (tertiary/aromatic N) is 2. The molecule has 0 unspecified atom stereocenters. The van der Waals surface area contributed by atoms with Gasteiger partial charge in [-0.2, -0.15) is 0 Å². The monoisotopic (exact) mass is 559 g/mol. The van der Waals surface area contributed by atoms with Crippen molar-refractivity contribution in [3.63, 3.8) is 0 Å². The zero-order chi connectivity index (χ0) is 21.7. The molecule has 2 aliphatic rings. The predicted octanol–water partition coefficient (Wildman–Crippen LogP) is 3.43. The molecule has 180 valence electrons. The van der Waals surface area contributed by atoms with Crippen molar-refractivity contribution >= 4 is 41.7 Å². The second-order valence-corrected chi connectivity index (χ2v) is 8.16. The Morgan fingerprint density at radius 3 is 2.75 bits per heavy atom. The van der Waals surface area contributed by atoms with Crippen molar-refractivity contribution in [3.8, 4) is 0 Å². The Kier molecular flexibility index (Phi) is 12.7. The van der Waals surface area contributed by atoms with Crippen molar-refractivity contribution < 1.29 is 14.3 Å². The zero-order valence-electron chi connectivity index (χ0n) is 19.1. The molecule has 0 atom stereocenters. The lowest BCUT2D eigenvalue weighted by Gasteiger charge is -2.21. The Bertz CT molecular complexity index is 707. The van der Waals surface area contributed by atoms with E-state index in [-0.39, 0.29) is 30.0 Å². The van der Waals surface area contributed by atoms with Gasteiger partial charge in [0.25, 0.3) is 0 Å². The molecule has 0 spiro atoms. The fourth-order valence-corrected chi connectivity index (χ4v) is 3.83. The average molecular weight is 559 g/mol. The van der Waals surface area contributed by atoms with Crippen LogP contribution < -0.4 is 16.0 Å². The minimum atomic E-state index is -0.0147. The molecule has 8 nitrogen and oxygen atoms in total. The third-order valence-corrected chi connectivity index (χ3v) is 5.71. The van der Waals surface area contributed by atoms with Crippen molar-refractivity contribution in [1.82, 2.24) is 15.5 Å². The van der Waals surface area contributed by atoms with E-state index in [1.54, 1.807) is 7.05 Å². The first-order valence-electron chi connectivity index (χ1n) is 11.5. The molecule has 2 heterocycles. The summed E-state index contributed by atoms with van der Waals surface area (Å²) < 4.78 is 11.2. The van der Waals surface area contributed by atoms with Gasteiger partial charge in [-0.05, 0) is 55.7 Å². The maximum Gasteiger partial charge on any atom is 0.321 e. The standard InChI is InChI=1S/C23H37N5O3.HI/c1-24-22(25-10-5-13-31-18-19-8-14-30-15-9-19)26-17-20-6-4-7-21(16-20)27-23(29)28-11-2-3-12-28;/h4,6-7,16,19H,2-3,5,8-15,17-18H2,1H3,(H,27,29)(H2,24,25,26);1H. The molecule has 0 saturated carbocycles. The van der Waals surface area contributed by atoms with Gasteiger partial charge in [0.2, 0.25) is 0 Å². The van der Waals surface area contributed by atoms with Crippen molar-refractivity contribution in [2.24, 2.45) is 10.9 Å². The van der Waals surface area contributed by atoms with Crippen molar-refractivity contribution in [1.29, 1.82) is 0 Å². The molecule has 3 N–H and O–H groups in total. The molecule has 2 amide bonds. The summed E-state index contributed by atoms with van der Waals surface area (Å²) in [6.07, 6.45) is 5.33. The minimum absolute atomic E-state index is 0. The van der Waals surface area contributed by atoms with Gasteiger partial charge < -0.3 is 30.3 Å². The van der Waals surface area contributed by atoms with E-state index in [1.165, 1.54) is 0 Å². The van der Waals surface area contributed by atoms with Crippen molar-refractivity contribution in [2.45, 2.75) is 38.6 Å². The third-order valence-electron chi connectivity index (χ3n) is 5.71. The third kappa shape index (κ3) is 9.50. The Balaban J connectivity index is 0.00000363. The first-order chi connectivity index (χ1) is 15.2. The highest BCUT2D eigenvalue weighted by molar-refractivity contribution is 14.0. The van der Waals surface area contributed by atoms with Gasteiger partial charge in [-0.25, -0.2) is 4.79 Å². The van der Waals surface area contributed by atoms with Crippen LogP contribution in [-0.2, 0) is 16.0 Å². The number of likely N-dealkylation sites (tertiary alicyclic amines) is 1. The normalized spacial score (nSPS) is 17.0. The van der Waals surface area contributed by atoms with Crippen LogP contribution in [-0.4, -0.2) is 70.0 Å². The highest BCUT2D eigenvalue weighted by Crippen LogP contribution is 2.15. The number of hydrogen-bond donors (Lipinski definition) is 3. The summed E-state index contributed by atoms with van der Waals surface area (Å²) in [6.45, 7) is 6.44. The second-order valence-electron chi connectivity index (χ2n) is 8.16. The van der Waals surface area contributed by atoms with Crippen LogP contribution in [0.4, 0.5) is 10.5 Å². The predicted molar refractivity (Wildman–Crippen MR) is 139 cm³/mol. The van der Waals surface area contributed by atoms with E-state index in [2.05, 4.69) is 20.9 Å². The van der Waals surface area contributed by atoms with Crippen molar-refractivity contribution in [3.05, 3.63) is 29.8 Å². The molecule has 2 aliphatic heterocycles. The summed E-state index contributed by atoms with van der Waals surface area (Å²) in [5, 5.41) is 9.65. The molecular weight excluding hydrogens is 521 g/mol. The Hall–Kier alpha value is -1.59.